The van der Waals surface area contributed by atoms with Crippen LogP contribution in [-0.4, -0.2) is 30.9 Å². The smallest absolute Gasteiger partial charge is 0.354 e. The summed E-state index contributed by atoms with van der Waals surface area (Å²) in [5, 5.41) is 19.9. The Morgan fingerprint density at radius 1 is 1.23 bits per heavy atom. The van der Waals surface area contributed by atoms with E-state index in [4.69, 9.17) is 10.2 Å². The van der Waals surface area contributed by atoms with Crippen molar-refractivity contribution < 1.29 is 9.34 Å². The molecule has 0 unspecified atom stereocenters. The van der Waals surface area contributed by atoms with Crippen molar-refractivity contribution in [2.45, 2.75) is 6.92 Å². The number of aromatic nitrogens is 4. The molecule has 0 amide bonds. The molecule has 0 radical (unpaired) electrons. The summed E-state index contributed by atoms with van der Waals surface area (Å²) in [7, 11) is 0. The van der Waals surface area contributed by atoms with E-state index in [-0.39, 0.29) is 11.6 Å². The second kappa shape index (κ2) is 7.83. The molecule has 11 nitrogen and oxygen atoms in total. The van der Waals surface area contributed by atoms with Crippen molar-refractivity contribution in [2.75, 3.05) is 11.2 Å². The number of para-hydroxylation sites is 1. The van der Waals surface area contributed by atoms with E-state index in [9.17, 15) is 10.1 Å². The van der Waals surface area contributed by atoms with Crippen LogP contribution in [0.3, 0.4) is 0 Å². The van der Waals surface area contributed by atoms with Gasteiger partial charge in [-0.2, -0.15) is 10.2 Å². The highest BCUT2D eigenvalue weighted by molar-refractivity contribution is 5.88. The summed E-state index contributed by atoms with van der Waals surface area (Å²) in [5.74, 6) is 0.944. The Hall–Kier alpha value is -4.54. The number of aryl methyl sites for hydroxylation is 1. The number of nitrogens with one attached hydrogen (secondary N) is 1. The fourth-order valence-electron chi connectivity index (χ4n) is 2.77. The highest BCUT2D eigenvalue weighted by Crippen LogP contribution is 2.27. The van der Waals surface area contributed by atoms with Gasteiger partial charge in [-0.15, -0.1) is 0 Å². The van der Waals surface area contributed by atoms with Gasteiger partial charge < -0.3 is 10.2 Å². The number of hydrogen-bond donors (Lipinski definition) is 2. The summed E-state index contributed by atoms with van der Waals surface area (Å²) in [6, 6.07) is 13.2. The van der Waals surface area contributed by atoms with Crippen LogP contribution < -0.4 is 11.2 Å². The third-order valence-electron chi connectivity index (χ3n) is 4.14. The van der Waals surface area contributed by atoms with Crippen molar-refractivity contribution in [1.82, 2.24) is 19.7 Å². The van der Waals surface area contributed by atoms with Gasteiger partial charge in [0.2, 0.25) is 11.6 Å². The molecule has 0 aliphatic rings. The summed E-state index contributed by atoms with van der Waals surface area (Å²) in [5.41, 5.74) is 9.71. The van der Waals surface area contributed by atoms with E-state index >= 15 is 0 Å². The topological polar surface area (TPSA) is 150 Å². The maximum Gasteiger partial charge on any atom is 0.354 e. The third-order valence-corrected chi connectivity index (χ3v) is 4.14. The molecule has 150 valence electrons. The molecule has 4 rings (SSSR count). The minimum absolute atomic E-state index is 0.116. The largest absolute Gasteiger partial charge is 0.460 e. The molecule has 0 spiro atoms. The normalized spacial score (nSPS) is 11.1. The number of hydrazone groups is 1. The Labute approximate surface area is 170 Å². The lowest BCUT2D eigenvalue weighted by atomic mass is 10.2. The summed E-state index contributed by atoms with van der Waals surface area (Å²) in [4.78, 5) is 18.0. The van der Waals surface area contributed by atoms with Crippen molar-refractivity contribution in [3.63, 3.8) is 0 Å². The van der Waals surface area contributed by atoms with E-state index in [1.165, 1.54) is 6.21 Å². The first kappa shape index (κ1) is 18.8. The number of anilines is 2. The predicted molar refractivity (Wildman–Crippen MR) is 110 cm³/mol. The lowest BCUT2D eigenvalue weighted by molar-refractivity contribution is -0.383. The van der Waals surface area contributed by atoms with Gasteiger partial charge in [0.25, 0.3) is 0 Å². The first-order chi connectivity index (χ1) is 14.5. The predicted octanol–water partition coefficient (Wildman–Crippen LogP) is 3.17. The molecule has 0 saturated heterocycles. The minimum Gasteiger partial charge on any atom is -0.460 e. The first-order valence-electron chi connectivity index (χ1n) is 8.79. The van der Waals surface area contributed by atoms with Gasteiger partial charge in [-0.25, -0.2) is 14.6 Å². The fraction of sp³-hybridized carbons (Fsp3) is 0.0526. The number of rotatable bonds is 6. The Bertz CT molecular complexity index is 1230. The number of nitro groups is 1. The van der Waals surface area contributed by atoms with Gasteiger partial charge in [-0.05, 0) is 31.2 Å². The molecule has 11 heteroatoms. The molecule has 3 N–H and O–H groups in total. The monoisotopic (exact) mass is 404 g/mol. The van der Waals surface area contributed by atoms with Crippen LogP contribution in [0.15, 0.2) is 64.5 Å². The van der Waals surface area contributed by atoms with E-state index in [1.807, 2.05) is 49.4 Å². The Balaban J connectivity index is 1.69. The average Bonchev–Trinajstić information content (AvgIpc) is 3.35. The fourth-order valence-corrected chi connectivity index (χ4v) is 2.77. The zero-order chi connectivity index (χ0) is 21.1. The van der Waals surface area contributed by atoms with Crippen molar-refractivity contribution in [3.8, 4) is 17.1 Å². The number of nitrogens with zero attached hydrogens (tertiary/aromatic N) is 6. The number of nitrogens with two attached hydrogens (primary N) is 1. The standard InChI is InChI=1S/C19H16N8O3/c1-12-7-8-15(30-12)16-13(10-26(25-16)14-5-3-2-4-6-14)9-23-24-19-17(27(28)29)18(20)21-11-22-19/h2-11H,1H3,(H3,20,21,22,24)/b23-9+. The number of benzene rings is 1. The highest BCUT2D eigenvalue weighted by atomic mass is 16.6. The molecule has 0 fully saturated rings. The van der Waals surface area contributed by atoms with E-state index in [1.54, 1.807) is 10.9 Å². The first-order valence-corrected chi connectivity index (χ1v) is 8.79. The molecule has 0 saturated carbocycles. The van der Waals surface area contributed by atoms with Gasteiger partial charge in [0, 0.05) is 11.8 Å². The zero-order valence-electron chi connectivity index (χ0n) is 15.8. The molecule has 0 aliphatic carbocycles. The zero-order valence-corrected chi connectivity index (χ0v) is 15.8. The maximum absolute atomic E-state index is 11.2. The van der Waals surface area contributed by atoms with Gasteiger partial charge >= 0.3 is 5.69 Å². The third kappa shape index (κ3) is 3.71. The molecule has 4 aromatic rings. The summed E-state index contributed by atoms with van der Waals surface area (Å²) < 4.78 is 7.40. The second-order valence-electron chi connectivity index (χ2n) is 6.21. The molecular weight excluding hydrogens is 388 g/mol. The van der Waals surface area contributed by atoms with Crippen molar-refractivity contribution in [2.24, 2.45) is 5.10 Å². The van der Waals surface area contributed by atoms with E-state index in [2.05, 4.69) is 25.6 Å². The van der Waals surface area contributed by atoms with Crippen LogP contribution in [0.1, 0.15) is 11.3 Å². The summed E-state index contributed by atoms with van der Waals surface area (Å²) in [6.45, 7) is 1.84. The molecule has 1 aromatic carbocycles. The van der Waals surface area contributed by atoms with Crippen LogP contribution >= 0.6 is 0 Å². The van der Waals surface area contributed by atoms with Crippen molar-refractivity contribution >= 4 is 23.5 Å². The van der Waals surface area contributed by atoms with Gasteiger partial charge in [0.05, 0.1) is 16.8 Å². The van der Waals surface area contributed by atoms with Gasteiger partial charge in [0.15, 0.2) is 5.76 Å². The van der Waals surface area contributed by atoms with Crippen molar-refractivity contribution in [3.05, 3.63) is 76.4 Å². The van der Waals surface area contributed by atoms with Crippen LogP contribution in [0.2, 0.25) is 0 Å². The average molecular weight is 404 g/mol. The van der Waals surface area contributed by atoms with Gasteiger partial charge in [-0.3, -0.25) is 15.5 Å². The van der Waals surface area contributed by atoms with Crippen LogP contribution in [0.25, 0.3) is 17.1 Å². The molecule has 3 heterocycles. The van der Waals surface area contributed by atoms with Crippen LogP contribution in [0, 0.1) is 17.0 Å². The van der Waals surface area contributed by atoms with E-state index < -0.39 is 10.6 Å². The Morgan fingerprint density at radius 3 is 2.73 bits per heavy atom. The number of nitrogen functional groups attached to an aromatic ring is 1. The lowest BCUT2D eigenvalue weighted by Gasteiger charge is -2.01. The molecule has 0 atom stereocenters. The SMILES string of the molecule is Cc1ccc(-c2nn(-c3ccccc3)cc2/C=N/Nc2ncnc(N)c2[N+](=O)[O-])o1. The number of furan rings is 1. The molecule has 30 heavy (non-hydrogen) atoms. The van der Waals surface area contributed by atoms with Crippen LogP contribution in [0.4, 0.5) is 17.3 Å². The molecular formula is C19H16N8O3. The molecule has 0 bridgehead atoms. The maximum atomic E-state index is 11.2. The van der Waals surface area contributed by atoms with Crippen LogP contribution in [0.5, 0.6) is 0 Å². The van der Waals surface area contributed by atoms with E-state index in [0.29, 0.717) is 17.0 Å². The second-order valence-corrected chi connectivity index (χ2v) is 6.21. The molecule has 0 aliphatic heterocycles. The van der Waals surface area contributed by atoms with Gasteiger partial charge in [-0.1, -0.05) is 18.2 Å². The molecule has 3 aromatic heterocycles. The van der Waals surface area contributed by atoms with E-state index in [0.717, 1.165) is 17.8 Å². The summed E-state index contributed by atoms with van der Waals surface area (Å²) >= 11 is 0. The van der Waals surface area contributed by atoms with Crippen molar-refractivity contribution in [1.29, 1.82) is 0 Å². The quantitative estimate of drug-likeness (QED) is 0.282. The Kier molecular flexibility index (Phi) is 4.91. The number of hydrogen-bond acceptors (Lipinski definition) is 9. The van der Waals surface area contributed by atoms with Gasteiger partial charge in [0.1, 0.15) is 17.8 Å². The lowest BCUT2D eigenvalue weighted by Crippen LogP contribution is -2.04. The Morgan fingerprint density at radius 2 is 2.03 bits per heavy atom. The summed E-state index contributed by atoms with van der Waals surface area (Å²) in [6.07, 6.45) is 4.36. The minimum atomic E-state index is -0.669. The van der Waals surface area contributed by atoms with Crippen LogP contribution in [-0.2, 0) is 0 Å². The highest BCUT2D eigenvalue weighted by Gasteiger charge is 2.20.